The van der Waals surface area contributed by atoms with Gasteiger partial charge < -0.3 is 0 Å². The first kappa shape index (κ1) is 6.97. The van der Waals surface area contributed by atoms with Gasteiger partial charge in [-0.1, -0.05) is 0 Å². The molecule has 1 aromatic heterocycles. The molecule has 0 aliphatic heterocycles. The molecule has 0 saturated heterocycles. The van der Waals surface area contributed by atoms with E-state index in [0.717, 1.165) is 5.69 Å². The Bertz CT molecular complexity index is 173. The van der Waals surface area contributed by atoms with Gasteiger partial charge >= 0.3 is 60.7 Å². The van der Waals surface area contributed by atoms with E-state index in [-0.39, 0.29) is 5.41 Å². The van der Waals surface area contributed by atoms with Gasteiger partial charge in [0.25, 0.3) is 0 Å². The van der Waals surface area contributed by atoms with E-state index in [1.54, 1.807) is 0 Å². The van der Waals surface area contributed by atoms with Crippen LogP contribution in [0, 0.1) is 0 Å². The molecule has 0 amide bonds. The van der Waals surface area contributed by atoms with Crippen LogP contribution in [0.25, 0.3) is 0 Å². The molecule has 1 rings (SSSR count). The minimum absolute atomic E-state index is 0.196. The van der Waals surface area contributed by atoms with Crippen LogP contribution in [0.3, 0.4) is 0 Å². The molecule has 0 N–H and O–H groups in total. The van der Waals surface area contributed by atoms with Crippen molar-refractivity contribution in [3.8, 4) is 0 Å². The molecule has 0 radical (unpaired) electrons. The van der Waals surface area contributed by atoms with Gasteiger partial charge in [-0.25, -0.2) is 0 Å². The van der Waals surface area contributed by atoms with E-state index < -0.39 is 0 Å². The molecule has 50 valence electrons. The van der Waals surface area contributed by atoms with Crippen LogP contribution in [0.2, 0.25) is 0 Å². The van der Waals surface area contributed by atoms with Crippen molar-refractivity contribution >= 4 is 14.7 Å². The molecule has 0 aromatic carbocycles. The Kier molecular flexibility index (Phi) is 1.73. The topological polar surface area (TPSA) is 25.8 Å². The van der Waals surface area contributed by atoms with Crippen LogP contribution in [-0.4, -0.2) is 23.9 Å². The summed E-state index contributed by atoms with van der Waals surface area (Å²) in [5.41, 5.74) is 1.34. The maximum absolute atomic E-state index is 4.02. The molecule has 0 fully saturated rings. The molecule has 3 heteroatoms. The van der Waals surface area contributed by atoms with Crippen LogP contribution in [0.4, 0.5) is 0 Å². The van der Waals surface area contributed by atoms with Gasteiger partial charge in [0, 0.05) is 0 Å². The molecule has 0 spiro atoms. The quantitative estimate of drug-likeness (QED) is 0.565. The molecule has 2 nitrogen and oxygen atoms in total. The van der Waals surface area contributed by atoms with Gasteiger partial charge in [-0.2, -0.15) is 0 Å². The Morgan fingerprint density at radius 2 is 2.11 bits per heavy atom. The second-order valence-corrected chi connectivity index (χ2v) is 4.32. The van der Waals surface area contributed by atoms with Crippen molar-refractivity contribution < 1.29 is 0 Å². The molecule has 0 atom stereocenters. The van der Waals surface area contributed by atoms with Crippen LogP contribution in [-0.2, 0) is 5.41 Å². The summed E-state index contributed by atoms with van der Waals surface area (Å²) in [6.07, 6.45) is 0. The molecule has 1 aromatic rings. The third-order valence-corrected chi connectivity index (χ3v) is 2.19. The maximum atomic E-state index is 4.02. The van der Waals surface area contributed by atoms with Crippen LogP contribution < -0.4 is 0 Å². The van der Waals surface area contributed by atoms with Gasteiger partial charge in [0.2, 0.25) is 0 Å². The first-order valence-corrected chi connectivity index (χ1v) is 4.64. The van der Waals surface area contributed by atoms with Gasteiger partial charge in [-0.3, -0.25) is 0 Å². The zero-order chi connectivity index (χ0) is 6.91. The molecule has 0 bridgehead atoms. The van der Waals surface area contributed by atoms with Crippen molar-refractivity contribution in [2.75, 3.05) is 0 Å². The number of nitrogens with zero attached hydrogens (tertiary/aromatic N) is 2. The predicted molar refractivity (Wildman–Crippen MR) is 37.7 cm³/mol. The monoisotopic (exact) mass is 190 g/mol. The first-order chi connectivity index (χ1) is 4.11. The first-order valence-electron chi connectivity index (χ1n) is 2.88. The number of rotatable bonds is 0. The second kappa shape index (κ2) is 2.24. The third kappa shape index (κ3) is 1.63. The van der Waals surface area contributed by atoms with E-state index in [2.05, 4.69) is 34.9 Å². The number of aromatic nitrogens is 2. The molecule has 1 heterocycles. The Morgan fingerprint density at radius 3 is 2.33 bits per heavy atom. The summed E-state index contributed by atoms with van der Waals surface area (Å²) < 4.78 is 3.93. The molecular formula is C6H10N2Se. The van der Waals surface area contributed by atoms with E-state index in [1.807, 2.05) is 0 Å². The Balaban J connectivity index is 2.90. The molecule has 9 heavy (non-hydrogen) atoms. The van der Waals surface area contributed by atoms with E-state index in [1.165, 1.54) is 0 Å². The van der Waals surface area contributed by atoms with E-state index in [9.17, 15) is 0 Å². The summed E-state index contributed by atoms with van der Waals surface area (Å²) in [4.78, 5) is 2.13. The average Bonchev–Trinajstić information content (AvgIpc) is 2.08. The van der Waals surface area contributed by atoms with Gasteiger partial charge in [0.1, 0.15) is 0 Å². The van der Waals surface area contributed by atoms with Crippen molar-refractivity contribution in [1.82, 2.24) is 9.19 Å². The minimum atomic E-state index is 0.196. The summed E-state index contributed by atoms with van der Waals surface area (Å²) >= 11 is 0.294. The van der Waals surface area contributed by atoms with Crippen LogP contribution in [0.5, 0.6) is 0 Å². The van der Waals surface area contributed by atoms with Crippen molar-refractivity contribution in [1.29, 1.82) is 0 Å². The molecular weight excluding hydrogens is 179 g/mol. The van der Waals surface area contributed by atoms with Gasteiger partial charge in [0.15, 0.2) is 0 Å². The standard InChI is InChI=1S/C6H10N2Se/c1-6(2,3)5-4-9-8-7-5/h4H,1-3H3. The number of hydrogen-bond acceptors (Lipinski definition) is 2. The molecule has 0 saturated carbocycles. The van der Waals surface area contributed by atoms with Crippen LogP contribution in [0.15, 0.2) is 4.94 Å². The Morgan fingerprint density at radius 1 is 1.44 bits per heavy atom. The van der Waals surface area contributed by atoms with Crippen molar-refractivity contribution in [3.05, 3.63) is 10.6 Å². The third-order valence-electron chi connectivity index (χ3n) is 1.13. The van der Waals surface area contributed by atoms with Crippen LogP contribution in [0.1, 0.15) is 26.5 Å². The van der Waals surface area contributed by atoms with Crippen molar-refractivity contribution in [2.24, 2.45) is 0 Å². The summed E-state index contributed by atoms with van der Waals surface area (Å²) in [5, 5.41) is 4.02. The Hall–Kier alpha value is -0.141. The zero-order valence-corrected chi connectivity index (χ0v) is 7.59. The zero-order valence-electron chi connectivity index (χ0n) is 5.88. The van der Waals surface area contributed by atoms with Gasteiger partial charge in [0.05, 0.1) is 0 Å². The molecule has 0 aliphatic carbocycles. The Labute approximate surface area is 61.3 Å². The van der Waals surface area contributed by atoms with E-state index in [4.69, 9.17) is 0 Å². The summed E-state index contributed by atoms with van der Waals surface area (Å²) in [6, 6.07) is 0. The van der Waals surface area contributed by atoms with Gasteiger partial charge in [-0.05, 0) is 0 Å². The van der Waals surface area contributed by atoms with E-state index in [0.29, 0.717) is 14.7 Å². The molecule has 0 aliphatic rings. The number of hydrogen-bond donors (Lipinski definition) is 0. The average molecular weight is 189 g/mol. The fourth-order valence-corrected chi connectivity index (χ4v) is 1.92. The fourth-order valence-electron chi connectivity index (χ4n) is 0.491. The van der Waals surface area contributed by atoms with Gasteiger partial charge in [-0.15, -0.1) is 0 Å². The summed E-state index contributed by atoms with van der Waals surface area (Å²) in [7, 11) is 0. The summed E-state index contributed by atoms with van der Waals surface area (Å²) in [6.45, 7) is 6.46. The second-order valence-electron chi connectivity index (χ2n) is 3.04. The fraction of sp³-hybridized carbons (Fsp3) is 0.667. The SMILES string of the molecule is CC(C)(C)c1c[se]nn1. The summed E-state index contributed by atoms with van der Waals surface area (Å²) in [5.74, 6) is 0. The molecule has 0 unspecified atom stereocenters. The predicted octanol–water partition coefficient (Wildman–Crippen LogP) is 0.831. The van der Waals surface area contributed by atoms with E-state index >= 15 is 0 Å². The van der Waals surface area contributed by atoms with Crippen molar-refractivity contribution in [2.45, 2.75) is 26.2 Å². The van der Waals surface area contributed by atoms with Crippen molar-refractivity contribution in [3.63, 3.8) is 0 Å². The van der Waals surface area contributed by atoms with Crippen LogP contribution >= 0.6 is 0 Å². The normalized spacial score (nSPS) is 11.9.